The van der Waals surface area contributed by atoms with Crippen LogP contribution in [0.5, 0.6) is 0 Å². The molecule has 106 valence electrons. The highest BCUT2D eigenvalue weighted by atomic mass is 15.1. The summed E-state index contributed by atoms with van der Waals surface area (Å²) in [5.74, 6) is 0. The zero-order valence-corrected chi connectivity index (χ0v) is 12.0. The molecule has 0 saturated carbocycles. The van der Waals surface area contributed by atoms with Crippen LogP contribution in [0, 0.1) is 0 Å². The third-order valence-electron chi connectivity index (χ3n) is 3.70. The molecule has 1 atom stereocenters. The number of hydrogen-bond acceptors (Lipinski definition) is 2. The van der Waals surface area contributed by atoms with Crippen LogP contribution >= 0.6 is 0 Å². The minimum atomic E-state index is 0.164. The van der Waals surface area contributed by atoms with E-state index in [1.54, 1.807) is 0 Å². The molecule has 0 fully saturated rings. The van der Waals surface area contributed by atoms with Gasteiger partial charge in [-0.3, -0.25) is 10.4 Å². The van der Waals surface area contributed by atoms with Crippen molar-refractivity contribution in [1.29, 1.82) is 0 Å². The van der Waals surface area contributed by atoms with Crippen LogP contribution in [0.2, 0.25) is 0 Å². The maximum absolute atomic E-state index is 4.03. The Labute approximate surface area is 125 Å². The Morgan fingerprint density at radius 2 is 1.43 bits per heavy atom. The van der Waals surface area contributed by atoms with Crippen molar-refractivity contribution in [1.82, 2.24) is 15.5 Å². The van der Waals surface area contributed by atoms with Gasteiger partial charge >= 0.3 is 0 Å². The van der Waals surface area contributed by atoms with Gasteiger partial charge in [-0.15, -0.1) is 0 Å². The van der Waals surface area contributed by atoms with Gasteiger partial charge in [0, 0.05) is 17.8 Å². The summed E-state index contributed by atoms with van der Waals surface area (Å²) in [6.45, 7) is 2.16. The number of rotatable bonds is 5. The quantitative estimate of drug-likeness (QED) is 0.743. The van der Waals surface area contributed by atoms with Crippen LogP contribution in [0.15, 0.2) is 73.1 Å². The first kappa shape index (κ1) is 13.6. The Bertz CT molecular complexity index is 608. The van der Waals surface area contributed by atoms with Crippen molar-refractivity contribution in [2.75, 3.05) is 0 Å². The van der Waals surface area contributed by atoms with Gasteiger partial charge in [-0.2, -0.15) is 5.10 Å². The number of nitrogens with zero attached hydrogens (tertiary/aromatic N) is 1. The van der Waals surface area contributed by atoms with E-state index >= 15 is 0 Å². The molecule has 0 saturated heterocycles. The van der Waals surface area contributed by atoms with E-state index in [0.717, 1.165) is 5.56 Å². The average molecular weight is 277 g/mol. The van der Waals surface area contributed by atoms with Crippen LogP contribution in [0.4, 0.5) is 0 Å². The number of H-pyrrole nitrogens is 1. The lowest BCUT2D eigenvalue weighted by molar-refractivity contribution is 0.516. The smallest absolute Gasteiger partial charge is 0.0581 e. The molecular formula is C18H19N3. The molecule has 1 unspecified atom stereocenters. The highest BCUT2D eigenvalue weighted by Gasteiger charge is 2.17. The molecule has 0 radical (unpaired) electrons. The Kier molecular flexibility index (Phi) is 4.12. The van der Waals surface area contributed by atoms with E-state index in [0.29, 0.717) is 0 Å². The molecule has 3 nitrogen and oxygen atoms in total. The SMILES string of the molecule is CC(NC(c1ccccc1)c1ccccc1)c1cn[nH]c1. The lowest BCUT2D eigenvalue weighted by Gasteiger charge is -2.24. The van der Waals surface area contributed by atoms with Crippen molar-refractivity contribution in [3.05, 3.63) is 89.7 Å². The zero-order chi connectivity index (χ0) is 14.5. The molecule has 0 spiro atoms. The lowest BCUT2D eigenvalue weighted by atomic mass is 9.97. The largest absolute Gasteiger partial charge is 0.299 e. The fourth-order valence-corrected chi connectivity index (χ4v) is 2.52. The normalized spacial score (nSPS) is 12.5. The summed E-state index contributed by atoms with van der Waals surface area (Å²) in [7, 11) is 0. The van der Waals surface area contributed by atoms with Gasteiger partial charge in [0.2, 0.25) is 0 Å². The highest BCUT2D eigenvalue weighted by molar-refractivity contribution is 5.32. The van der Waals surface area contributed by atoms with Crippen molar-refractivity contribution in [3.8, 4) is 0 Å². The van der Waals surface area contributed by atoms with Crippen molar-refractivity contribution >= 4 is 0 Å². The van der Waals surface area contributed by atoms with Gasteiger partial charge < -0.3 is 0 Å². The number of aromatic nitrogens is 2. The molecule has 0 aliphatic heterocycles. The maximum Gasteiger partial charge on any atom is 0.0581 e. The molecule has 0 amide bonds. The van der Waals surface area contributed by atoms with Crippen LogP contribution in [0.1, 0.15) is 35.7 Å². The first-order chi connectivity index (χ1) is 10.3. The van der Waals surface area contributed by atoms with Crippen molar-refractivity contribution < 1.29 is 0 Å². The van der Waals surface area contributed by atoms with E-state index < -0.39 is 0 Å². The molecule has 0 aliphatic carbocycles. The summed E-state index contributed by atoms with van der Waals surface area (Å²) < 4.78 is 0. The van der Waals surface area contributed by atoms with Gasteiger partial charge in [0.15, 0.2) is 0 Å². The molecule has 2 N–H and O–H groups in total. The molecule has 0 bridgehead atoms. The Morgan fingerprint density at radius 1 is 0.857 bits per heavy atom. The standard InChI is InChI=1S/C18H19N3/c1-14(17-12-19-20-13-17)21-18(15-8-4-2-5-9-15)16-10-6-3-7-11-16/h2-14,18,21H,1H3,(H,19,20). The van der Waals surface area contributed by atoms with Gasteiger partial charge in [0.05, 0.1) is 12.2 Å². The van der Waals surface area contributed by atoms with E-state index in [9.17, 15) is 0 Å². The number of nitrogens with one attached hydrogen (secondary N) is 2. The molecule has 3 heteroatoms. The predicted molar refractivity (Wildman–Crippen MR) is 84.9 cm³/mol. The second kappa shape index (κ2) is 6.37. The third-order valence-corrected chi connectivity index (χ3v) is 3.70. The molecular weight excluding hydrogens is 258 g/mol. The first-order valence-corrected chi connectivity index (χ1v) is 7.19. The fraction of sp³-hybridized carbons (Fsp3) is 0.167. The third kappa shape index (κ3) is 3.20. The summed E-state index contributed by atoms with van der Waals surface area (Å²) in [6.07, 6.45) is 3.80. The average Bonchev–Trinajstić information content (AvgIpc) is 3.09. The second-order valence-electron chi connectivity index (χ2n) is 5.17. The molecule has 3 aromatic rings. The van der Waals surface area contributed by atoms with Gasteiger partial charge in [0.1, 0.15) is 0 Å². The van der Waals surface area contributed by atoms with Gasteiger partial charge in [-0.05, 0) is 18.1 Å². The second-order valence-corrected chi connectivity index (χ2v) is 5.17. The minimum absolute atomic E-state index is 0.164. The molecule has 21 heavy (non-hydrogen) atoms. The Hall–Kier alpha value is -2.39. The molecule has 1 aromatic heterocycles. The maximum atomic E-state index is 4.03. The summed E-state index contributed by atoms with van der Waals surface area (Å²) in [4.78, 5) is 0. The molecule has 3 rings (SSSR count). The topological polar surface area (TPSA) is 40.7 Å². The van der Waals surface area contributed by atoms with Crippen molar-refractivity contribution in [3.63, 3.8) is 0 Å². The Morgan fingerprint density at radius 3 is 1.90 bits per heavy atom. The Balaban J connectivity index is 1.90. The highest BCUT2D eigenvalue weighted by Crippen LogP contribution is 2.25. The van der Waals surface area contributed by atoms with Crippen LogP contribution in [-0.2, 0) is 0 Å². The minimum Gasteiger partial charge on any atom is -0.299 e. The predicted octanol–water partition coefficient (Wildman–Crippen LogP) is 3.85. The summed E-state index contributed by atoms with van der Waals surface area (Å²) in [6, 6.07) is 21.4. The van der Waals surface area contributed by atoms with E-state index in [1.165, 1.54) is 11.1 Å². The van der Waals surface area contributed by atoms with Gasteiger partial charge in [-0.25, -0.2) is 0 Å². The molecule has 2 aromatic carbocycles. The van der Waals surface area contributed by atoms with E-state index in [2.05, 4.69) is 71.0 Å². The summed E-state index contributed by atoms with van der Waals surface area (Å²) >= 11 is 0. The van der Waals surface area contributed by atoms with Crippen molar-refractivity contribution in [2.45, 2.75) is 19.0 Å². The number of hydrogen-bond donors (Lipinski definition) is 2. The van der Waals surface area contributed by atoms with E-state index in [4.69, 9.17) is 0 Å². The fourth-order valence-electron chi connectivity index (χ4n) is 2.52. The van der Waals surface area contributed by atoms with Crippen molar-refractivity contribution in [2.24, 2.45) is 0 Å². The lowest BCUT2D eigenvalue weighted by Crippen LogP contribution is -2.25. The number of aromatic amines is 1. The van der Waals surface area contributed by atoms with Gasteiger partial charge in [0.25, 0.3) is 0 Å². The van der Waals surface area contributed by atoms with Crippen LogP contribution in [-0.4, -0.2) is 10.2 Å². The summed E-state index contributed by atoms with van der Waals surface area (Å²) in [5, 5.41) is 10.6. The molecule has 0 aliphatic rings. The van der Waals surface area contributed by atoms with Crippen LogP contribution in [0.3, 0.4) is 0 Å². The van der Waals surface area contributed by atoms with Gasteiger partial charge in [-0.1, -0.05) is 60.7 Å². The monoisotopic (exact) mass is 277 g/mol. The number of benzene rings is 2. The zero-order valence-electron chi connectivity index (χ0n) is 12.0. The summed E-state index contributed by atoms with van der Waals surface area (Å²) in [5.41, 5.74) is 3.69. The van der Waals surface area contributed by atoms with E-state index in [-0.39, 0.29) is 12.1 Å². The van der Waals surface area contributed by atoms with Crippen LogP contribution in [0.25, 0.3) is 0 Å². The molecule has 1 heterocycles. The first-order valence-electron chi connectivity index (χ1n) is 7.19. The van der Waals surface area contributed by atoms with E-state index in [1.807, 2.05) is 24.5 Å². The van der Waals surface area contributed by atoms with Crippen LogP contribution < -0.4 is 5.32 Å².